The average Bonchev–Trinajstić information content (AvgIpc) is 2.59. The zero-order valence-electron chi connectivity index (χ0n) is 17.3. The van der Waals surface area contributed by atoms with Gasteiger partial charge in [-0.1, -0.05) is 30.3 Å². The number of carbonyl (C=O) groups is 2. The Kier molecular flexibility index (Phi) is 7.25. The minimum Gasteiger partial charge on any atom is -0.444 e. The molecular weight excluding hydrogens is 342 g/mol. The lowest BCUT2D eigenvalue weighted by Gasteiger charge is -2.36. The standard InChI is InChI=1S/C21H33N3O3/c1-17(2)24(15-18-9-7-6-8-10-18)19(25)16-22-11-13-23(14-12-22)20(26)27-21(3,4)5/h6-10,17H,11-16H2,1-5H3. The second-order valence-electron chi connectivity index (χ2n) is 8.34. The van der Waals surface area contributed by atoms with E-state index in [1.165, 1.54) is 0 Å². The minimum atomic E-state index is -0.487. The summed E-state index contributed by atoms with van der Waals surface area (Å²) in [6.45, 7) is 13.2. The molecule has 1 aliphatic rings. The van der Waals surface area contributed by atoms with Crippen LogP contribution in [0.4, 0.5) is 4.79 Å². The summed E-state index contributed by atoms with van der Waals surface area (Å²) < 4.78 is 5.42. The maximum absolute atomic E-state index is 12.8. The fourth-order valence-electron chi connectivity index (χ4n) is 3.04. The maximum atomic E-state index is 12.8. The predicted octanol–water partition coefficient (Wildman–Crippen LogP) is 2.98. The molecule has 2 amide bonds. The van der Waals surface area contributed by atoms with Gasteiger partial charge in [0.25, 0.3) is 0 Å². The van der Waals surface area contributed by atoms with Crippen LogP contribution >= 0.6 is 0 Å². The number of nitrogens with zero attached hydrogens (tertiary/aromatic N) is 3. The van der Waals surface area contributed by atoms with Gasteiger partial charge in [-0.3, -0.25) is 9.69 Å². The van der Waals surface area contributed by atoms with Gasteiger partial charge in [-0.2, -0.15) is 0 Å². The summed E-state index contributed by atoms with van der Waals surface area (Å²) in [6.07, 6.45) is -0.277. The molecule has 0 unspecified atom stereocenters. The molecule has 0 atom stereocenters. The lowest BCUT2D eigenvalue weighted by molar-refractivity contribution is -0.135. The molecule has 1 heterocycles. The highest BCUT2D eigenvalue weighted by Gasteiger charge is 2.27. The number of amides is 2. The van der Waals surface area contributed by atoms with Gasteiger partial charge in [-0.25, -0.2) is 4.79 Å². The first kappa shape index (κ1) is 21.2. The van der Waals surface area contributed by atoms with Crippen molar-refractivity contribution in [1.29, 1.82) is 0 Å². The quantitative estimate of drug-likeness (QED) is 0.794. The van der Waals surface area contributed by atoms with Crippen molar-refractivity contribution in [2.24, 2.45) is 0 Å². The van der Waals surface area contributed by atoms with Crippen LogP contribution in [0.1, 0.15) is 40.2 Å². The van der Waals surface area contributed by atoms with Crippen LogP contribution in [0.2, 0.25) is 0 Å². The van der Waals surface area contributed by atoms with E-state index in [1.807, 2.05) is 69.9 Å². The third kappa shape index (κ3) is 6.86. The van der Waals surface area contributed by atoms with Gasteiger partial charge in [0, 0.05) is 38.8 Å². The van der Waals surface area contributed by atoms with Crippen molar-refractivity contribution in [2.45, 2.75) is 52.8 Å². The van der Waals surface area contributed by atoms with Gasteiger partial charge in [0.2, 0.25) is 5.91 Å². The number of hydrogen-bond acceptors (Lipinski definition) is 4. The highest BCUT2D eigenvalue weighted by Crippen LogP contribution is 2.13. The number of piperazine rings is 1. The Labute approximate surface area is 163 Å². The second kappa shape index (κ2) is 9.22. The van der Waals surface area contributed by atoms with Crippen molar-refractivity contribution in [2.75, 3.05) is 32.7 Å². The fraction of sp³-hybridized carbons (Fsp3) is 0.619. The Morgan fingerprint density at radius 1 is 1.07 bits per heavy atom. The molecule has 0 aromatic heterocycles. The molecule has 1 fully saturated rings. The van der Waals surface area contributed by atoms with Crippen LogP contribution in [-0.4, -0.2) is 71.1 Å². The first-order chi connectivity index (χ1) is 12.7. The molecular formula is C21H33N3O3. The molecule has 0 N–H and O–H groups in total. The Morgan fingerprint density at radius 3 is 2.19 bits per heavy atom. The normalized spacial score (nSPS) is 15.7. The van der Waals surface area contributed by atoms with E-state index in [1.54, 1.807) is 4.90 Å². The highest BCUT2D eigenvalue weighted by atomic mass is 16.6. The van der Waals surface area contributed by atoms with Crippen molar-refractivity contribution in [1.82, 2.24) is 14.7 Å². The third-order valence-electron chi connectivity index (χ3n) is 4.52. The zero-order chi connectivity index (χ0) is 20.0. The SMILES string of the molecule is CC(C)N(Cc1ccccc1)C(=O)CN1CCN(C(=O)OC(C)(C)C)CC1. The summed E-state index contributed by atoms with van der Waals surface area (Å²) in [7, 11) is 0. The van der Waals surface area contributed by atoms with Crippen molar-refractivity contribution in [3.63, 3.8) is 0 Å². The molecule has 0 aliphatic carbocycles. The molecule has 6 nitrogen and oxygen atoms in total. The maximum Gasteiger partial charge on any atom is 0.410 e. The predicted molar refractivity (Wildman–Crippen MR) is 106 cm³/mol. The summed E-state index contributed by atoms with van der Waals surface area (Å²) >= 11 is 0. The smallest absolute Gasteiger partial charge is 0.410 e. The van der Waals surface area contributed by atoms with E-state index in [0.29, 0.717) is 39.3 Å². The summed E-state index contributed by atoms with van der Waals surface area (Å²) in [5.41, 5.74) is 0.647. The molecule has 150 valence electrons. The van der Waals surface area contributed by atoms with E-state index in [-0.39, 0.29) is 18.0 Å². The van der Waals surface area contributed by atoms with Crippen molar-refractivity contribution in [3.8, 4) is 0 Å². The van der Waals surface area contributed by atoms with Crippen LogP contribution in [0, 0.1) is 0 Å². The van der Waals surface area contributed by atoms with Gasteiger partial charge in [0.1, 0.15) is 5.60 Å². The highest BCUT2D eigenvalue weighted by molar-refractivity contribution is 5.78. The Bertz CT molecular complexity index is 617. The number of rotatable bonds is 5. The lowest BCUT2D eigenvalue weighted by Crippen LogP contribution is -2.52. The van der Waals surface area contributed by atoms with Gasteiger partial charge in [-0.05, 0) is 40.2 Å². The Balaban J connectivity index is 1.85. The van der Waals surface area contributed by atoms with E-state index in [4.69, 9.17) is 4.74 Å². The van der Waals surface area contributed by atoms with Gasteiger partial charge in [0.05, 0.1) is 6.54 Å². The molecule has 1 aliphatic heterocycles. The molecule has 1 saturated heterocycles. The van der Waals surface area contributed by atoms with Gasteiger partial charge in [-0.15, -0.1) is 0 Å². The number of carbonyl (C=O) groups excluding carboxylic acids is 2. The van der Waals surface area contributed by atoms with Crippen LogP contribution in [0.15, 0.2) is 30.3 Å². The monoisotopic (exact) mass is 375 g/mol. The summed E-state index contributed by atoms with van der Waals surface area (Å²) in [4.78, 5) is 30.7. The van der Waals surface area contributed by atoms with Gasteiger partial charge < -0.3 is 14.5 Å². The first-order valence-corrected chi connectivity index (χ1v) is 9.69. The van der Waals surface area contributed by atoms with Crippen LogP contribution in [0.25, 0.3) is 0 Å². The van der Waals surface area contributed by atoms with E-state index < -0.39 is 5.60 Å². The molecule has 0 radical (unpaired) electrons. The second-order valence-corrected chi connectivity index (χ2v) is 8.34. The van der Waals surface area contributed by atoms with Crippen molar-refractivity contribution < 1.29 is 14.3 Å². The third-order valence-corrected chi connectivity index (χ3v) is 4.52. The van der Waals surface area contributed by atoms with E-state index in [0.717, 1.165) is 5.56 Å². The largest absolute Gasteiger partial charge is 0.444 e. The van der Waals surface area contributed by atoms with E-state index in [9.17, 15) is 9.59 Å². The Hall–Kier alpha value is -2.08. The summed E-state index contributed by atoms with van der Waals surface area (Å²) in [6, 6.07) is 10.2. The molecule has 0 saturated carbocycles. The average molecular weight is 376 g/mol. The van der Waals surface area contributed by atoms with Crippen molar-refractivity contribution >= 4 is 12.0 Å². The van der Waals surface area contributed by atoms with Crippen LogP contribution < -0.4 is 0 Å². The topological polar surface area (TPSA) is 53.1 Å². The number of benzene rings is 1. The van der Waals surface area contributed by atoms with Crippen LogP contribution in [0.5, 0.6) is 0 Å². The molecule has 0 spiro atoms. The van der Waals surface area contributed by atoms with Crippen LogP contribution in [-0.2, 0) is 16.1 Å². The first-order valence-electron chi connectivity index (χ1n) is 9.69. The Morgan fingerprint density at radius 2 is 1.67 bits per heavy atom. The lowest BCUT2D eigenvalue weighted by atomic mass is 10.2. The molecule has 1 aromatic carbocycles. The molecule has 1 aromatic rings. The minimum absolute atomic E-state index is 0.125. The molecule has 0 bridgehead atoms. The number of ether oxygens (including phenoxy) is 1. The van der Waals surface area contributed by atoms with E-state index in [2.05, 4.69) is 4.90 Å². The molecule has 6 heteroatoms. The summed E-state index contributed by atoms with van der Waals surface area (Å²) in [5, 5.41) is 0. The number of hydrogen-bond donors (Lipinski definition) is 0. The fourth-order valence-corrected chi connectivity index (χ4v) is 3.04. The zero-order valence-corrected chi connectivity index (χ0v) is 17.3. The molecule has 2 rings (SSSR count). The summed E-state index contributed by atoms with van der Waals surface area (Å²) in [5.74, 6) is 0.125. The van der Waals surface area contributed by atoms with E-state index >= 15 is 0 Å². The molecule has 27 heavy (non-hydrogen) atoms. The van der Waals surface area contributed by atoms with Gasteiger partial charge in [0.15, 0.2) is 0 Å². The van der Waals surface area contributed by atoms with Crippen molar-refractivity contribution in [3.05, 3.63) is 35.9 Å². The van der Waals surface area contributed by atoms with Crippen LogP contribution in [0.3, 0.4) is 0 Å². The van der Waals surface area contributed by atoms with Gasteiger partial charge >= 0.3 is 6.09 Å².